The molecule has 0 radical (unpaired) electrons. The molecule has 4 rings (SSSR count). The average Bonchev–Trinajstić information content (AvgIpc) is 3.02. The summed E-state index contributed by atoms with van der Waals surface area (Å²) in [7, 11) is 0. The molecule has 1 aromatic heterocycles. The van der Waals surface area contributed by atoms with E-state index in [1.165, 1.54) is 5.56 Å². The van der Waals surface area contributed by atoms with Crippen LogP contribution in [0, 0.1) is 0 Å². The lowest BCUT2D eigenvalue weighted by Crippen LogP contribution is -2.03. The standard InChI is InChI=1S/C21H19N3/c22-14-16-10-12-17(13-11-16)15-24-20-9-5-4-8-19(20)23-21(24)18-6-2-1-3-7-18/h1-13H,14-15,22H2. The summed E-state index contributed by atoms with van der Waals surface area (Å²) >= 11 is 0. The summed E-state index contributed by atoms with van der Waals surface area (Å²) in [5.41, 5.74) is 11.4. The van der Waals surface area contributed by atoms with Crippen LogP contribution in [-0.4, -0.2) is 9.55 Å². The summed E-state index contributed by atoms with van der Waals surface area (Å²) in [6, 6.07) is 27.1. The van der Waals surface area contributed by atoms with Crippen molar-refractivity contribution in [3.05, 3.63) is 90.0 Å². The van der Waals surface area contributed by atoms with Gasteiger partial charge in [0.1, 0.15) is 5.82 Å². The van der Waals surface area contributed by atoms with Crippen LogP contribution in [0.1, 0.15) is 11.1 Å². The molecule has 0 amide bonds. The van der Waals surface area contributed by atoms with Gasteiger partial charge in [-0.1, -0.05) is 66.7 Å². The van der Waals surface area contributed by atoms with E-state index in [2.05, 4.69) is 71.3 Å². The fraction of sp³-hybridized carbons (Fsp3) is 0.0952. The van der Waals surface area contributed by atoms with Crippen molar-refractivity contribution in [3.63, 3.8) is 0 Å². The number of fused-ring (bicyclic) bond motifs is 1. The van der Waals surface area contributed by atoms with Gasteiger partial charge in [-0.25, -0.2) is 4.98 Å². The van der Waals surface area contributed by atoms with Crippen molar-refractivity contribution >= 4 is 11.0 Å². The van der Waals surface area contributed by atoms with Crippen LogP contribution >= 0.6 is 0 Å². The van der Waals surface area contributed by atoms with Gasteiger partial charge in [-0.05, 0) is 23.3 Å². The van der Waals surface area contributed by atoms with Crippen molar-refractivity contribution in [3.8, 4) is 11.4 Å². The monoisotopic (exact) mass is 313 g/mol. The van der Waals surface area contributed by atoms with Crippen LogP contribution in [0.15, 0.2) is 78.9 Å². The first-order valence-electron chi connectivity index (χ1n) is 8.14. The van der Waals surface area contributed by atoms with Gasteiger partial charge in [-0.15, -0.1) is 0 Å². The van der Waals surface area contributed by atoms with Crippen molar-refractivity contribution in [1.29, 1.82) is 0 Å². The van der Waals surface area contributed by atoms with E-state index in [0.29, 0.717) is 6.54 Å². The Hall–Kier alpha value is -2.91. The van der Waals surface area contributed by atoms with Crippen molar-refractivity contribution in [1.82, 2.24) is 9.55 Å². The summed E-state index contributed by atoms with van der Waals surface area (Å²) in [6.07, 6.45) is 0. The number of benzene rings is 3. The van der Waals surface area contributed by atoms with Gasteiger partial charge in [0.25, 0.3) is 0 Å². The Morgan fingerprint density at radius 1 is 0.750 bits per heavy atom. The number of hydrogen-bond acceptors (Lipinski definition) is 2. The normalized spacial score (nSPS) is 11.0. The zero-order valence-electron chi connectivity index (χ0n) is 13.4. The predicted molar refractivity (Wildman–Crippen MR) is 98.6 cm³/mol. The quantitative estimate of drug-likeness (QED) is 0.613. The maximum Gasteiger partial charge on any atom is 0.141 e. The number of nitrogens with two attached hydrogens (primary N) is 1. The Bertz CT molecular complexity index is 953. The van der Waals surface area contributed by atoms with Crippen LogP contribution in [0.4, 0.5) is 0 Å². The van der Waals surface area contributed by atoms with Gasteiger partial charge in [-0.2, -0.15) is 0 Å². The second-order valence-corrected chi connectivity index (χ2v) is 5.90. The molecule has 3 aromatic carbocycles. The molecule has 3 nitrogen and oxygen atoms in total. The summed E-state index contributed by atoms with van der Waals surface area (Å²) in [5.74, 6) is 1.000. The van der Waals surface area contributed by atoms with Crippen LogP contribution in [0.2, 0.25) is 0 Å². The number of rotatable bonds is 4. The average molecular weight is 313 g/mol. The van der Waals surface area contributed by atoms with Gasteiger partial charge >= 0.3 is 0 Å². The van der Waals surface area contributed by atoms with E-state index in [4.69, 9.17) is 10.7 Å². The zero-order valence-corrected chi connectivity index (χ0v) is 13.4. The van der Waals surface area contributed by atoms with Gasteiger partial charge in [0.2, 0.25) is 0 Å². The molecule has 4 aromatic rings. The molecule has 0 spiro atoms. The molecule has 1 heterocycles. The van der Waals surface area contributed by atoms with Crippen molar-refractivity contribution in [2.75, 3.05) is 0 Å². The van der Waals surface area contributed by atoms with Crippen LogP contribution < -0.4 is 5.73 Å². The van der Waals surface area contributed by atoms with Gasteiger partial charge in [0.15, 0.2) is 0 Å². The highest BCUT2D eigenvalue weighted by atomic mass is 15.1. The molecule has 0 bridgehead atoms. The Labute approximate surface area is 141 Å². The maximum absolute atomic E-state index is 5.70. The second kappa shape index (κ2) is 6.30. The Morgan fingerprint density at radius 3 is 2.17 bits per heavy atom. The molecule has 118 valence electrons. The smallest absolute Gasteiger partial charge is 0.141 e. The maximum atomic E-state index is 5.70. The first-order chi connectivity index (χ1) is 11.8. The molecule has 0 aliphatic carbocycles. The van der Waals surface area contributed by atoms with Crippen LogP contribution in [-0.2, 0) is 13.1 Å². The van der Waals surface area contributed by atoms with E-state index in [-0.39, 0.29) is 0 Å². The molecule has 0 aliphatic rings. The third-order valence-electron chi connectivity index (χ3n) is 4.29. The van der Waals surface area contributed by atoms with Gasteiger partial charge in [-0.3, -0.25) is 0 Å². The second-order valence-electron chi connectivity index (χ2n) is 5.90. The summed E-state index contributed by atoms with van der Waals surface area (Å²) in [4.78, 5) is 4.86. The van der Waals surface area contributed by atoms with E-state index in [1.807, 2.05) is 12.1 Å². The molecular weight excluding hydrogens is 294 g/mol. The van der Waals surface area contributed by atoms with E-state index in [0.717, 1.165) is 34.5 Å². The molecule has 0 atom stereocenters. The SMILES string of the molecule is NCc1ccc(Cn2c(-c3ccccc3)nc3ccccc32)cc1. The molecule has 3 heteroatoms. The lowest BCUT2D eigenvalue weighted by molar-refractivity contribution is 0.833. The minimum Gasteiger partial charge on any atom is -0.326 e. The topological polar surface area (TPSA) is 43.8 Å². The van der Waals surface area contributed by atoms with Crippen LogP contribution in [0.25, 0.3) is 22.4 Å². The molecule has 0 fully saturated rings. The van der Waals surface area contributed by atoms with Gasteiger partial charge in [0, 0.05) is 18.7 Å². The highest BCUT2D eigenvalue weighted by molar-refractivity contribution is 5.80. The third kappa shape index (κ3) is 2.70. The highest BCUT2D eigenvalue weighted by Gasteiger charge is 2.12. The third-order valence-corrected chi connectivity index (χ3v) is 4.29. The Morgan fingerprint density at radius 2 is 1.42 bits per heavy atom. The largest absolute Gasteiger partial charge is 0.326 e. The number of imidazole rings is 1. The van der Waals surface area contributed by atoms with E-state index >= 15 is 0 Å². The molecule has 0 saturated heterocycles. The minimum absolute atomic E-state index is 0.573. The summed E-state index contributed by atoms with van der Waals surface area (Å²) in [6.45, 7) is 1.36. The highest BCUT2D eigenvalue weighted by Crippen LogP contribution is 2.25. The number of aromatic nitrogens is 2. The number of hydrogen-bond donors (Lipinski definition) is 1. The first-order valence-corrected chi connectivity index (χ1v) is 8.14. The van der Waals surface area contributed by atoms with E-state index in [9.17, 15) is 0 Å². The van der Waals surface area contributed by atoms with Crippen molar-refractivity contribution < 1.29 is 0 Å². The first kappa shape index (κ1) is 14.7. The van der Waals surface area contributed by atoms with Gasteiger partial charge in [0.05, 0.1) is 11.0 Å². The molecule has 24 heavy (non-hydrogen) atoms. The Balaban J connectivity index is 1.83. The molecule has 0 saturated carbocycles. The number of para-hydroxylation sites is 2. The summed E-state index contributed by atoms with van der Waals surface area (Å²) < 4.78 is 2.28. The van der Waals surface area contributed by atoms with Gasteiger partial charge < -0.3 is 10.3 Å². The van der Waals surface area contributed by atoms with E-state index in [1.54, 1.807) is 0 Å². The lowest BCUT2D eigenvalue weighted by atomic mass is 10.1. The van der Waals surface area contributed by atoms with Crippen molar-refractivity contribution in [2.24, 2.45) is 5.73 Å². The minimum atomic E-state index is 0.573. The molecule has 0 unspecified atom stereocenters. The number of nitrogens with zero attached hydrogens (tertiary/aromatic N) is 2. The van der Waals surface area contributed by atoms with Crippen molar-refractivity contribution in [2.45, 2.75) is 13.1 Å². The molecule has 0 aliphatic heterocycles. The fourth-order valence-electron chi connectivity index (χ4n) is 3.01. The predicted octanol–water partition coefficient (Wildman–Crippen LogP) is 4.21. The Kier molecular flexibility index (Phi) is 3.85. The van der Waals surface area contributed by atoms with Crippen LogP contribution in [0.5, 0.6) is 0 Å². The molecular formula is C21H19N3. The zero-order chi connectivity index (χ0) is 16.4. The lowest BCUT2D eigenvalue weighted by Gasteiger charge is -2.10. The molecule has 2 N–H and O–H groups in total. The van der Waals surface area contributed by atoms with E-state index < -0.39 is 0 Å². The van der Waals surface area contributed by atoms with Crippen LogP contribution in [0.3, 0.4) is 0 Å². The fourth-order valence-corrected chi connectivity index (χ4v) is 3.01. The summed E-state index contributed by atoms with van der Waals surface area (Å²) in [5, 5.41) is 0.